The molecule has 19 heavy (non-hydrogen) atoms. The van der Waals surface area contributed by atoms with Crippen LogP contribution in [0.15, 0.2) is 22.7 Å². The van der Waals surface area contributed by atoms with Crippen molar-refractivity contribution in [2.75, 3.05) is 5.32 Å². The Morgan fingerprint density at radius 1 is 1.47 bits per heavy atom. The van der Waals surface area contributed by atoms with E-state index in [0.29, 0.717) is 5.92 Å². The summed E-state index contributed by atoms with van der Waals surface area (Å²) in [6.07, 6.45) is 2.25. The van der Waals surface area contributed by atoms with Gasteiger partial charge >= 0.3 is 0 Å². The number of anilines is 1. The first-order valence-corrected chi connectivity index (χ1v) is 6.92. The Labute approximate surface area is 119 Å². The van der Waals surface area contributed by atoms with E-state index in [4.69, 9.17) is 0 Å². The summed E-state index contributed by atoms with van der Waals surface area (Å²) in [5.41, 5.74) is 1.84. The minimum Gasteiger partial charge on any atom is -0.319 e. The van der Waals surface area contributed by atoms with E-state index in [-0.39, 0.29) is 11.7 Å². The first-order chi connectivity index (χ1) is 9.13. The van der Waals surface area contributed by atoms with Gasteiger partial charge in [0.25, 0.3) is 5.91 Å². The molecule has 1 fully saturated rings. The number of benzene rings is 1. The van der Waals surface area contributed by atoms with Crippen LogP contribution in [0.5, 0.6) is 0 Å². The van der Waals surface area contributed by atoms with Gasteiger partial charge in [-0.15, -0.1) is 5.10 Å². The zero-order valence-corrected chi connectivity index (χ0v) is 12.0. The third-order valence-corrected chi connectivity index (χ3v) is 3.95. The molecule has 1 aliphatic carbocycles. The van der Waals surface area contributed by atoms with Gasteiger partial charge in [-0.25, -0.2) is 4.98 Å². The van der Waals surface area contributed by atoms with Crippen LogP contribution >= 0.6 is 15.9 Å². The molecule has 1 saturated carbocycles. The van der Waals surface area contributed by atoms with Crippen molar-refractivity contribution >= 4 is 27.5 Å². The first kappa shape index (κ1) is 12.3. The maximum atomic E-state index is 12.0. The molecule has 2 aromatic rings. The molecule has 0 aliphatic heterocycles. The molecule has 0 unspecified atom stereocenters. The largest absolute Gasteiger partial charge is 0.319 e. The van der Waals surface area contributed by atoms with Crippen LogP contribution in [0.1, 0.15) is 40.8 Å². The fourth-order valence-electron chi connectivity index (χ4n) is 1.77. The number of aryl methyl sites for hydroxylation is 1. The lowest BCUT2D eigenvalue weighted by Crippen LogP contribution is -2.13. The minimum atomic E-state index is -0.293. The van der Waals surface area contributed by atoms with Gasteiger partial charge in [0, 0.05) is 16.1 Å². The molecule has 1 amide bonds. The third kappa shape index (κ3) is 2.68. The first-order valence-electron chi connectivity index (χ1n) is 6.13. The predicted molar refractivity (Wildman–Crippen MR) is 75.2 cm³/mol. The zero-order valence-electron chi connectivity index (χ0n) is 10.4. The van der Waals surface area contributed by atoms with Crippen LogP contribution in [0.4, 0.5) is 5.69 Å². The summed E-state index contributed by atoms with van der Waals surface area (Å²) in [7, 11) is 0. The van der Waals surface area contributed by atoms with E-state index in [2.05, 4.69) is 36.4 Å². The van der Waals surface area contributed by atoms with Gasteiger partial charge < -0.3 is 5.32 Å². The van der Waals surface area contributed by atoms with Crippen molar-refractivity contribution in [2.24, 2.45) is 0 Å². The van der Waals surface area contributed by atoms with Crippen molar-refractivity contribution < 1.29 is 4.79 Å². The van der Waals surface area contributed by atoms with Crippen molar-refractivity contribution in [2.45, 2.75) is 25.7 Å². The zero-order chi connectivity index (χ0) is 13.4. The molecule has 0 atom stereocenters. The molecule has 1 aliphatic rings. The second-order valence-electron chi connectivity index (χ2n) is 4.74. The van der Waals surface area contributed by atoms with Gasteiger partial charge in [-0.3, -0.25) is 9.89 Å². The van der Waals surface area contributed by atoms with E-state index in [1.165, 1.54) is 0 Å². The fraction of sp³-hybridized carbons (Fsp3) is 0.308. The van der Waals surface area contributed by atoms with Crippen LogP contribution < -0.4 is 5.32 Å². The van der Waals surface area contributed by atoms with Gasteiger partial charge in [-0.2, -0.15) is 0 Å². The van der Waals surface area contributed by atoms with Gasteiger partial charge in [0.1, 0.15) is 5.82 Å². The third-order valence-electron chi connectivity index (χ3n) is 3.10. The Kier molecular flexibility index (Phi) is 3.10. The highest BCUT2D eigenvalue weighted by atomic mass is 79.9. The number of H-pyrrole nitrogens is 1. The standard InChI is InChI=1S/C13H13BrN4O/c1-7-2-5-9(6-10(7)14)15-13(19)12-16-11(17-18-12)8-3-4-8/h2,5-6,8H,3-4H2,1H3,(H,15,19)(H,16,17,18). The SMILES string of the molecule is Cc1ccc(NC(=O)c2n[nH]c(C3CC3)n2)cc1Br. The number of carbonyl (C=O) groups is 1. The van der Waals surface area contributed by atoms with Gasteiger partial charge in [-0.05, 0) is 37.5 Å². The second kappa shape index (κ2) is 4.77. The molecule has 1 aromatic heterocycles. The molecule has 0 radical (unpaired) electrons. The number of nitrogens with zero attached hydrogens (tertiary/aromatic N) is 2. The minimum absolute atomic E-state index is 0.193. The molecular formula is C13H13BrN4O. The van der Waals surface area contributed by atoms with Crippen LogP contribution in [0, 0.1) is 6.92 Å². The lowest BCUT2D eigenvalue weighted by Gasteiger charge is -2.04. The topological polar surface area (TPSA) is 70.7 Å². The molecule has 98 valence electrons. The van der Waals surface area contributed by atoms with Crippen LogP contribution in [0.2, 0.25) is 0 Å². The van der Waals surface area contributed by atoms with Gasteiger partial charge in [0.2, 0.25) is 5.82 Å². The highest BCUT2D eigenvalue weighted by molar-refractivity contribution is 9.10. The molecule has 0 saturated heterocycles. The Bertz CT molecular complexity index is 633. The van der Waals surface area contributed by atoms with E-state index in [0.717, 1.165) is 34.4 Å². The Morgan fingerprint density at radius 2 is 2.26 bits per heavy atom. The lowest BCUT2D eigenvalue weighted by molar-refractivity contribution is 0.101. The summed E-state index contributed by atoms with van der Waals surface area (Å²) in [6, 6.07) is 5.65. The van der Waals surface area contributed by atoms with Gasteiger partial charge in [-0.1, -0.05) is 22.0 Å². The van der Waals surface area contributed by atoms with Gasteiger partial charge in [0.05, 0.1) is 0 Å². The molecule has 0 spiro atoms. The molecule has 1 heterocycles. The predicted octanol–water partition coefficient (Wildman–Crippen LogP) is 3.01. The summed E-state index contributed by atoms with van der Waals surface area (Å²) >= 11 is 3.43. The molecule has 2 N–H and O–H groups in total. The Morgan fingerprint density at radius 3 is 2.95 bits per heavy atom. The number of rotatable bonds is 3. The summed E-state index contributed by atoms with van der Waals surface area (Å²) in [5.74, 6) is 1.18. The summed E-state index contributed by atoms with van der Waals surface area (Å²) in [4.78, 5) is 16.2. The number of hydrogen-bond acceptors (Lipinski definition) is 3. The number of carbonyl (C=O) groups excluding carboxylic acids is 1. The number of aromatic amines is 1. The van der Waals surface area contributed by atoms with E-state index < -0.39 is 0 Å². The molecule has 3 rings (SSSR count). The van der Waals surface area contributed by atoms with Crippen LogP contribution in [-0.2, 0) is 0 Å². The van der Waals surface area contributed by atoms with Crippen molar-refractivity contribution in [1.82, 2.24) is 15.2 Å². The average molecular weight is 321 g/mol. The van der Waals surface area contributed by atoms with Crippen molar-refractivity contribution in [3.8, 4) is 0 Å². The number of halogens is 1. The van der Waals surface area contributed by atoms with Gasteiger partial charge in [0.15, 0.2) is 0 Å². The second-order valence-corrected chi connectivity index (χ2v) is 5.59. The highest BCUT2D eigenvalue weighted by Crippen LogP contribution is 2.37. The highest BCUT2D eigenvalue weighted by Gasteiger charge is 2.28. The maximum Gasteiger partial charge on any atom is 0.295 e. The maximum absolute atomic E-state index is 12.0. The average Bonchev–Trinajstić information content (AvgIpc) is 3.11. The molecule has 0 bridgehead atoms. The number of hydrogen-bond donors (Lipinski definition) is 2. The van der Waals surface area contributed by atoms with Crippen LogP contribution in [0.25, 0.3) is 0 Å². The van der Waals surface area contributed by atoms with Crippen LogP contribution in [-0.4, -0.2) is 21.1 Å². The summed E-state index contributed by atoms with van der Waals surface area (Å²) in [6.45, 7) is 1.99. The van der Waals surface area contributed by atoms with Crippen molar-refractivity contribution in [3.05, 3.63) is 39.9 Å². The summed E-state index contributed by atoms with van der Waals surface area (Å²) in [5, 5.41) is 9.56. The number of amides is 1. The van der Waals surface area contributed by atoms with E-state index >= 15 is 0 Å². The Hall–Kier alpha value is -1.69. The number of nitrogens with one attached hydrogen (secondary N) is 2. The molecular weight excluding hydrogens is 308 g/mol. The number of aromatic nitrogens is 3. The van der Waals surface area contributed by atoms with E-state index in [1.807, 2.05) is 25.1 Å². The smallest absolute Gasteiger partial charge is 0.295 e. The molecule has 5 nitrogen and oxygen atoms in total. The normalized spacial score (nSPS) is 14.4. The molecule has 6 heteroatoms. The monoisotopic (exact) mass is 320 g/mol. The molecule has 1 aromatic carbocycles. The van der Waals surface area contributed by atoms with Crippen LogP contribution in [0.3, 0.4) is 0 Å². The fourth-order valence-corrected chi connectivity index (χ4v) is 2.15. The van der Waals surface area contributed by atoms with E-state index in [9.17, 15) is 4.79 Å². The van der Waals surface area contributed by atoms with E-state index in [1.54, 1.807) is 0 Å². The summed E-state index contributed by atoms with van der Waals surface area (Å²) < 4.78 is 0.957. The van der Waals surface area contributed by atoms with Crippen molar-refractivity contribution in [3.63, 3.8) is 0 Å². The Balaban J connectivity index is 1.74. The quantitative estimate of drug-likeness (QED) is 0.913. The lowest BCUT2D eigenvalue weighted by atomic mass is 10.2. The van der Waals surface area contributed by atoms with Crippen molar-refractivity contribution in [1.29, 1.82) is 0 Å².